The van der Waals surface area contributed by atoms with Crippen LogP contribution in [0.5, 0.6) is 0 Å². The first kappa shape index (κ1) is 10.8. The van der Waals surface area contributed by atoms with Crippen molar-refractivity contribution in [2.24, 2.45) is 5.92 Å². The fourth-order valence-corrected chi connectivity index (χ4v) is 1.63. The minimum atomic E-state index is -0.646. The van der Waals surface area contributed by atoms with Crippen LogP contribution in [0, 0.1) is 5.92 Å². The molecule has 1 aliphatic carbocycles. The molecule has 66 valence electrons. The second-order valence-electron chi connectivity index (χ2n) is 3.08. The van der Waals surface area contributed by atoms with Crippen molar-refractivity contribution in [3.63, 3.8) is 0 Å². The van der Waals surface area contributed by atoms with Gasteiger partial charge in [-0.05, 0) is 12.3 Å². The van der Waals surface area contributed by atoms with E-state index in [2.05, 4.69) is 0 Å². The van der Waals surface area contributed by atoms with Gasteiger partial charge in [0, 0.05) is 6.42 Å². The van der Waals surface area contributed by atoms with Gasteiger partial charge in [0.1, 0.15) is 0 Å². The highest BCUT2D eigenvalue weighted by atomic mass is 35.5. The largest absolute Gasteiger partial charge is 0.481 e. The number of carboxylic acid groups (broad SMARTS) is 1. The molecule has 1 rings (SSSR count). The number of halogens is 1. The van der Waals surface area contributed by atoms with E-state index in [0.717, 1.165) is 12.3 Å². The van der Waals surface area contributed by atoms with Gasteiger partial charge in [-0.1, -0.05) is 25.7 Å². The third-order valence-electron chi connectivity index (χ3n) is 2.24. The predicted molar refractivity (Wildman–Crippen MR) is 46.1 cm³/mol. The minimum absolute atomic E-state index is 0. The van der Waals surface area contributed by atoms with Crippen LogP contribution in [0.4, 0.5) is 0 Å². The normalized spacial score (nSPS) is 17.8. The Kier molecular flexibility index (Phi) is 5.30. The summed E-state index contributed by atoms with van der Waals surface area (Å²) >= 11 is 0. The quantitative estimate of drug-likeness (QED) is 0.721. The predicted octanol–water partition coefficient (Wildman–Crippen LogP) is 2.46. The van der Waals surface area contributed by atoms with Crippen LogP contribution < -0.4 is 0 Å². The number of aliphatic carboxylic acids is 1. The van der Waals surface area contributed by atoms with Gasteiger partial charge in [0.2, 0.25) is 0 Å². The molecule has 0 aromatic rings. The molecule has 0 spiro atoms. The van der Waals surface area contributed by atoms with Crippen LogP contribution in [-0.4, -0.2) is 11.1 Å². The molecule has 0 radical (unpaired) electrons. The smallest absolute Gasteiger partial charge is 0.303 e. The first-order valence-electron chi connectivity index (χ1n) is 4.01. The number of rotatable bonds is 3. The summed E-state index contributed by atoms with van der Waals surface area (Å²) in [6, 6.07) is 0. The van der Waals surface area contributed by atoms with Gasteiger partial charge < -0.3 is 5.11 Å². The van der Waals surface area contributed by atoms with E-state index < -0.39 is 5.97 Å². The maximum absolute atomic E-state index is 10.2. The summed E-state index contributed by atoms with van der Waals surface area (Å²) in [7, 11) is 0. The zero-order chi connectivity index (χ0) is 7.40. The van der Waals surface area contributed by atoms with Crippen LogP contribution in [0.15, 0.2) is 0 Å². The van der Waals surface area contributed by atoms with Crippen molar-refractivity contribution in [3.8, 4) is 0 Å². The third kappa shape index (κ3) is 4.25. The van der Waals surface area contributed by atoms with Crippen molar-refractivity contribution >= 4 is 18.4 Å². The lowest BCUT2D eigenvalue weighted by molar-refractivity contribution is -0.137. The summed E-state index contributed by atoms with van der Waals surface area (Å²) in [5, 5.41) is 8.37. The van der Waals surface area contributed by atoms with Gasteiger partial charge in [-0.25, -0.2) is 0 Å². The fraction of sp³-hybridized carbons (Fsp3) is 0.875. The van der Waals surface area contributed by atoms with Crippen LogP contribution in [0.25, 0.3) is 0 Å². The van der Waals surface area contributed by atoms with E-state index in [9.17, 15) is 4.79 Å². The van der Waals surface area contributed by atoms with Crippen LogP contribution in [-0.2, 0) is 4.79 Å². The number of carboxylic acids is 1. The van der Waals surface area contributed by atoms with E-state index in [1.807, 2.05) is 0 Å². The highest BCUT2D eigenvalue weighted by Crippen LogP contribution is 2.28. The van der Waals surface area contributed by atoms with Gasteiger partial charge in [0.05, 0.1) is 0 Å². The zero-order valence-corrected chi connectivity index (χ0v) is 7.40. The highest BCUT2D eigenvalue weighted by molar-refractivity contribution is 5.85. The molecule has 0 heterocycles. The summed E-state index contributed by atoms with van der Waals surface area (Å²) < 4.78 is 0. The lowest BCUT2D eigenvalue weighted by Gasteiger charge is -2.04. The maximum Gasteiger partial charge on any atom is 0.303 e. The SMILES string of the molecule is Cl.O=C(O)CCC1CCCC1. The molecule has 1 aliphatic rings. The van der Waals surface area contributed by atoms with Gasteiger partial charge in [0.25, 0.3) is 0 Å². The molecular formula is C8H15ClO2. The Bertz CT molecular complexity index is 119. The Morgan fingerprint density at radius 3 is 2.36 bits per heavy atom. The van der Waals surface area contributed by atoms with Crippen LogP contribution in [0.1, 0.15) is 38.5 Å². The molecule has 11 heavy (non-hydrogen) atoms. The van der Waals surface area contributed by atoms with Gasteiger partial charge in [0.15, 0.2) is 0 Å². The van der Waals surface area contributed by atoms with E-state index in [0.29, 0.717) is 6.42 Å². The van der Waals surface area contributed by atoms with Crippen molar-refractivity contribution in [1.82, 2.24) is 0 Å². The Morgan fingerprint density at radius 2 is 1.91 bits per heavy atom. The van der Waals surface area contributed by atoms with Gasteiger partial charge in [-0.2, -0.15) is 0 Å². The van der Waals surface area contributed by atoms with Crippen LogP contribution in [0.2, 0.25) is 0 Å². The maximum atomic E-state index is 10.2. The minimum Gasteiger partial charge on any atom is -0.481 e. The fourth-order valence-electron chi connectivity index (χ4n) is 1.63. The van der Waals surface area contributed by atoms with E-state index in [4.69, 9.17) is 5.11 Å². The average molecular weight is 179 g/mol. The molecule has 0 aliphatic heterocycles. The van der Waals surface area contributed by atoms with E-state index in [1.54, 1.807) is 0 Å². The molecule has 3 heteroatoms. The molecule has 0 aromatic carbocycles. The van der Waals surface area contributed by atoms with Crippen molar-refractivity contribution in [2.75, 3.05) is 0 Å². The molecule has 0 bridgehead atoms. The van der Waals surface area contributed by atoms with Crippen molar-refractivity contribution in [3.05, 3.63) is 0 Å². The summed E-state index contributed by atoms with van der Waals surface area (Å²) in [6.07, 6.45) is 6.40. The molecule has 1 fully saturated rings. The Hall–Kier alpha value is -0.240. The molecule has 1 N–H and O–H groups in total. The van der Waals surface area contributed by atoms with Crippen LogP contribution >= 0.6 is 12.4 Å². The molecular weight excluding hydrogens is 164 g/mol. The molecule has 0 saturated heterocycles. The van der Waals surface area contributed by atoms with Gasteiger partial charge in [-0.15, -0.1) is 12.4 Å². The lowest BCUT2D eigenvalue weighted by Crippen LogP contribution is -1.99. The first-order valence-corrected chi connectivity index (χ1v) is 4.01. The van der Waals surface area contributed by atoms with E-state index in [-0.39, 0.29) is 12.4 Å². The number of carbonyl (C=O) groups is 1. The summed E-state index contributed by atoms with van der Waals surface area (Å²) in [4.78, 5) is 10.2. The topological polar surface area (TPSA) is 37.3 Å². The highest BCUT2D eigenvalue weighted by Gasteiger charge is 2.15. The van der Waals surface area contributed by atoms with Crippen molar-refractivity contribution in [2.45, 2.75) is 38.5 Å². The molecule has 0 amide bonds. The average Bonchev–Trinajstić information content (AvgIpc) is 2.34. The summed E-state index contributed by atoms with van der Waals surface area (Å²) in [5.41, 5.74) is 0. The number of hydrogen-bond acceptors (Lipinski definition) is 1. The summed E-state index contributed by atoms with van der Waals surface area (Å²) in [6.45, 7) is 0. The molecule has 0 unspecified atom stereocenters. The van der Waals surface area contributed by atoms with Crippen molar-refractivity contribution < 1.29 is 9.90 Å². The summed E-state index contributed by atoms with van der Waals surface area (Å²) in [5.74, 6) is 0.0722. The molecule has 2 nitrogen and oxygen atoms in total. The molecule has 0 aromatic heterocycles. The van der Waals surface area contributed by atoms with Crippen LogP contribution in [0.3, 0.4) is 0 Å². The Balaban J connectivity index is 0.000001000. The van der Waals surface area contributed by atoms with Crippen molar-refractivity contribution in [1.29, 1.82) is 0 Å². The molecule has 0 atom stereocenters. The van der Waals surface area contributed by atoms with Gasteiger partial charge >= 0.3 is 5.97 Å². The van der Waals surface area contributed by atoms with E-state index in [1.165, 1.54) is 25.7 Å². The number of hydrogen-bond donors (Lipinski definition) is 1. The monoisotopic (exact) mass is 178 g/mol. The first-order chi connectivity index (χ1) is 4.79. The van der Waals surface area contributed by atoms with Gasteiger partial charge in [-0.3, -0.25) is 4.79 Å². The Morgan fingerprint density at radius 1 is 1.36 bits per heavy atom. The lowest BCUT2D eigenvalue weighted by atomic mass is 10.0. The zero-order valence-electron chi connectivity index (χ0n) is 6.58. The Labute approximate surface area is 73.4 Å². The standard InChI is InChI=1S/C8H14O2.ClH/c9-8(10)6-5-7-3-1-2-4-7;/h7H,1-6H2,(H,9,10);1H. The second kappa shape index (κ2) is 5.42. The third-order valence-corrected chi connectivity index (χ3v) is 2.24. The molecule has 1 saturated carbocycles. The second-order valence-corrected chi connectivity index (χ2v) is 3.08. The van der Waals surface area contributed by atoms with E-state index >= 15 is 0 Å².